The van der Waals surface area contributed by atoms with Crippen molar-refractivity contribution in [1.29, 1.82) is 0 Å². The molecule has 2 rings (SSSR count). The second-order valence-corrected chi connectivity index (χ2v) is 9.90. The van der Waals surface area contributed by atoms with Gasteiger partial charge in [0.15, 0.2) is 5.96 Å². The van der Waals surface area contributed by atoms with Gasteiger partial charge in [0.25, 0.3) is 0 Å². The summed E-state index contributed by atoms with van der Waals surface area (Å²) in [6.07, 6.45) is 4.26. The normalized spacial score (nSPS) is 23.7. The fourth-order valence-electron chi connectivity index (χ4n) is 3.98. The maximum Gasteiger partial charge on any atom is 0.213 e. The van der Waals surface area contributed by atoms with E-state index in [4.69, 9.17) is 4.74 Å². The Morgan fingerprint density at radius 1 is 1.21 bits per heavy atom. The van der Waals surface area contributed by atoms with Gasteiger partial charge in [-0.2, -0.15) is 0 Å². The zero-order chi connectivity index (χ0) is 21.1. The second-order valence-electron chi connectivity index (χ2n) is 7.98. The lowest BCUT2D eigenvalue weighted by Crippen LogP contribution is -2.41. The average molecular weight is 432 g/mol. The monoisotopic (exact) mass is 431 g/mol. The van der Waals surface area contributed by atoms with Gasteiger partial charge in [-0.05, 0) is 51.6 Å². The molecule has 2 unspecified atom stereocenters. The van der Waals surface area contributed by atoms with E-state index in [2.05, 4.69) is 38.7 Å². The highest BCUT2D eigenvalue weighted by Gasteiger charge is 2.26. The molecule has 170 valence electrons. The number of likely N-dealkylation sites (tertiary alicyclic amines) is 1. The molecule has 0 amide bonds. The summed E-state index contributed by atoms with van der Waals surface area (Å²) >= 11 is 0. The van der Waals surface area contributed by atoms with E-state index in [1.807, 2.05) is 6.92 Å². The highest BCUT2D eigenvalue weighted by molar-refractivity contribution is 7.89. The van der Waals surface area contributed by atoms with Gasteiger partial charge in [0, 0.05) is 39.3 Å². The smallest absolute Gasteiger partial charge is 0.213 e. The molecular formula is C20H41N5O3S. The molecule has 8 nitrogen and oxygen atoms in total. The van der Waals surface area contributed by atoms with Crippen molar-refractivity contribution >= 4 is 16.0 Å². The number of ether oxygens (including phenoxy) is 1. The predicted octanol–water partition coefficient (Wildman–Crippen LogP) is 1.10. The highest BCUT2D eigenvalue weighted by Crippen LogP contribution is 2.17. The van der Waals surface area contributed by atoms with Gasteiger partial charge in [0.2, 0.25) is 10.0 Å². The van der Waals surface area contributed by atoms with Gasteiger partial charge in [-0.3, -0.25) is 4.99 Å². The highest BCUT2D eigenvalue weighted by atomic mass is 32.2. The molecule has 0 saturated carbocycles. The minimum atomic E-state index is -3.34. The van der Waals surface area contributed by atoms with Crippen LogP contribution in [-0.2, 0) is 14.8 Å². The van der Waals surface area contributed by atoms with Gasteiger partial charge >= 0.3 is 0 Å². The first-order valence-corrected chi connectivity index (χ1v) is 13.0. The quantitative estimate of drug-likeness (QED) is 0.376. The molecule has 2 aliphatic heterocycles. The fraction of sp³-hybridized carbons (Fsp3) is 0.950. The van der Waals surface area contributed by atoms with E-state index in [-0.39, 0.29) is 18.4 Å². The lowest BCUT2D eigenvalue weighted by Gasteiger charge is -2.24. The first-order valence-electron chi connectivity index (χ1n) is 11.3. The van der Waals surface area contributed by atoms with E-state index in [0.29, 0.717) is 12.5 Å². The maximum absolute atomic E-state index is 12.3. The summed E-state index contributed by atoms with van der Waals surface area (Å²) in [5.41, 5.74) is 0. The van der Waals surface area contributed by atoms with E-state index in [1.54, 1.807) is 0 Å². The van der Waals surface area contributed by atoms with Crippen molar-refractivity contribution in [2.75, 3.05) is 64.7 Å². The number of nitrogens with one attached hydrogen (secondary N) is 2. The van der Waals surface area contributed by atoms with Crippen molar-refractivity contribution in [2.24, 2.45) is 10.9 Å². The summed E-state index contributed by atoms with van der Waals surface area (Å²) in [5, 5.41) is 3.32. The fourth-order valence-corrected chi connectivity index (χ4v) is 4.89. The molecule has 0 aromatic carbocycles. The molecule has 2 atom stereocenters. The molecule has 0 radical (unpaired) electrons. The van der Waals surface area contributed by atoms with Crippen LogP contribution in [0.1, 0.15) is 46.5 Å². The summed E-state index contributed by atoms with van der Waals surface area (Å²) < 4.78 is 32.9. The third-order valence-electron chi connectivity index (χ3n) is 5.76. The van der Waals surface area contributed by atoms with E-state index in [0.717, 1.165) is 77.5 Å². The number of aliphatic imine (C=N–C) groups is 1. The van der Waals surface area contributed by atoms with Crippen LogP contribution < -0.4 is 10.0 Å². The average Bonchev–Trinajstić information content (AvgIpc) is 3.19. The van der Waals surface area contributed by atoms with Gasteiger partial charge in [-0.25, -0.2) is 13.1 Å². The first kappa shape index (κ1) is 24.4. The van der Waals surface area contributed by atoms with Crippen LogP contribution in [0.4, 0.5) is 0 Å². The molecule has 0 bridgehead atoms. The molecule has 2 saturated heterocycles. The van der Waals surface area contributed by atoms with E-state index in [9.17, 15) is 8.42 Å². The third kappa shape index (κ3) is 8.78. The Labute approximate surface area is 177 Å². The number of guanidine groups is 1. The first-order chi connectivity index (χ1) is 14.0. The van der Waals surface area contributed by atoms with Crippen molar-refractivity contribution in [3.05, 3.63) is 0 Å². The van der Waals surface area contributed by atoms with Crippen LogP contribution in [0.5, 0.6) is 0 Å². The summed E-state index contributed by atoms with van der Waals surface area (Å²) in [4.78, 5) is 9.33. The van der Waals surface area contributed by atoms with Crippen LogP contribution in [0.2, 0.25) is 0 Å². The van der Waals surface area contributed by atoms with Gasteiger partial charge in [-0.15, -0.1) is 0 Å². The summed E-state index contributed by atoms with van der Waals surface area (Å²) in [5.74, 6) is 1.48. The zero-order valence-corrected chi connectivity index (χ0v) is 19.3. The Hall–Kier alpha value is -0.900. The topological polar surface area (TPSA) is 86.3 Å². The molecule has 2 N–H and O–H groups in total. The second kappa shape index (κ2) is 12.7. The largest absolute Gasteiger partial charge is 0.377 e. The molecule has 0 aliphatic carbocycles. The van der Waals surface area contributed by atoms with E-state index < -0.39 is 10.0 Å². The van der Waals surface area contributed by atoms with Crippen LogP contribution in [0, 0.1) is 5.92 Å². The SMILES string of the molecule is CCNC(=NCCS(=O)(=O)NCC1CCCCO1)N1CCC(CN(CC)CC)C1. The summed E-state index contributed by atoms with van der Waals surface area (Å²) in [6.45, 7) is 13.8. The van der Waals surface area contributed by atoms with Gasteiger partial charge in [-0.1, -0.05) is 13.8 Å². The third-order valence-corrected chi connectivity index (χ3v) is 7.08. The predicted molar refractivity (Wildman–Crippen MR) is 119 cm³/mol. The van der Waals surface area contributed by atoms with Crippen LogP contribution in [0.25, 0.3) is 0 Å². The Balaban J connectivity index is 1.80. The number of rotatable bonds is 11. The van der Waals surface area contributed by atoms with Crippen molar-refractivity contribution in [3.8, 4) is 0 Å². The maximum atomic E-state index is 12.3. The molecule has 0 aromatic heterocycles. The van der Waals surface area contributed by atoms with Crippen molar-refractivity contribution in [2.45, 2.75) is 52.6 Å². The number of nitrogens with zero attached hydrogens (tertiary/aromatic N) is 3. The Morgan fingerprint density at radius 2 is 2.00 bits per heavy atom. The summed E-state index contributed by atoms with van der Waals surface area (Å²) in [6, 6.07) is 0. The molecule has 9 heteroatoms. The molecule has 0 spiro atoms. The zero-order valence-electron chi connectivity index (χ0n) is 18.5. The van der Waals surface area contributed by atoms with Gasteiger partial charge in [0.1, 0.15) is 0 Å². The lowest BCUT2D eigenvalue weighted by atomic mass is 10.1. The van der Waals surface area contributed by atoms with Crippen molar-refractivity contribution in [3.63, 3.8) is 0 Å². The number of sulfonamides is 1. The molecule has 2 aliphatic rings. The Kier molecular flexibility index (Phi) is 10.7. The van der Waals surface area contributed by atoms with Crippen LogP contribution in [0.15, 0.2) is 4.99 Å². The minimum absolute atomic E-state index is 0.00529. The summed E-state index contributed by atoms with van der Waals surface area (Å²) in [7, 11) is -3.34. The van der Waals surface area contributed by atoms with Crippen LogP contribution in [0.3, 0.4) is 0 Å². The Morgan fingerprint density at radius 3 is 2.66 bits per heavy atom. The van der Waals surface area contributed by atoms with Gasteiger partial charge < -0.3 is 19.9 Å². The minimum Gasteiger partial charge on any atom is -0.377 e. The van der Waals surface area contributed by atoms with Crippen LogP contribution in [-0.4, -0.2) is 95.0 Å². The molecule has 2 fully saturated rings. The van der Waals surface area contributed by atoms with Crippen molar-refractivity contribution < 1.29 is 13.2 Å². The molecule has 0 aromatic rings. The van der Waals surface area contributed by atoms with E-state index >= 15 is 0 Å². The van der Waals surface area contributed by atoms with Crippen LogP contribution >= 0.6 is 0 Å². The van der Waals surface area contributed by atoms with Gasteiger partial charge in [0.05, 0.1) is 18.4 Å². The molecule has 29 heavy (non-hydrogen) atoms. The number of hydrogen-bond donors (Lipinski definition) is 2. The van der Waals surface area contributed by atoms with E-state index in [1.165, 1.54) is 0 Å². The number of hydrogen-bond acceptors (Lipinski definition) is 5. The molecule has 2 heterocycles. The molecular weight excluding hydrogens is 390 g/mol. The standard InChI is InChI=1S/C20H41N5O3S/c1-4-21-20(25-12-10-18(17-25)16-24(5-2)6-3)22-11-14-29(26,27)23-15-19-9-7-8-13-28-19/h18-19,23H,4-17H2,1-3H3,(H,21,22). The Bertz CT molecular complexity index is 589. The lowest BCUT2D eigenvalue weighted by molar-refractivity contribution is 0.0200. The van der Waals surface area contributed by atoms with Crippen molar-refractivity contribution in [1.82, 2.24) is 19.8 Å².